The molecule has 1 aromatic carbocycles. The molecule has 1 unspecified atom stereocenters. The normalized spacial score (nSPS) is 17.6. The molecule has 1 aliphatic heterocycles. The van der Waals surface area contributed by atoms with Gasteiger partial charge in [0.15, 0.2) is 0 Å². The van der Waals surface area contributed by atoms with Crippen LogP contribution in [0.25, 0.3) is 0 Å². The van der Waals surface area contributed by atoms with E-state index < -0.39 is 0 Å². The van der Waals surface area contributed by atoms with Crippen molar-refractivity contribution in [1.82, 2.24) is 10.2 Å². The van der Waals surface area contributed by atoms with E-state index in [2.05, 4.69) is 46.7 Å². The number of aromatic nitrogens is 2. The van der Waals surface area contributed by atoms with Crippen LogP contribution in [0, 0.1) is 6.92 Å². The number of carbonyl (C=O) groups is 1. The predicted molar refractivity (Wildman–Crippen MR) is 86.0 cm³/mol. The SMILES string of the molecule is Cc1ccc(CCC(=O)Nc2nnc(C3CCCO3)s2)cc1. The Labute approximate surface area is 133 Å². The van der Waals surface area contributed by atoms with Crippen molar-refractivity contribution in [3.05, 3.63) is 40.4 Å². The number of amides is 1. The summed E-state index contributed by atoms with van der Waals surface area (Å²) in [5, 5.41) is 12.4. The smallest absolute Gasteiger partial charge is 0.226 e. The molecule has 1 aliphatic rings. The molecular formula is C16H19N3O2S. The van der Waals surface area contributed by atoms with Gasteiger partial charge in [0.05, 0.1) is 0 Å². The number of benzene rings is 1. The zero-order valence-corrected chi connectivity index (χ0v) is 13.4. The first-order valence-electron chi connectivity index (χ1n) is 7.51. The van der Waals surface area contributed by atoms with Crippen LogP contribution in [0.15, 0.2) is 24.3 Å². The standard InChI is InChI=1S/C16H19N3O2S/c1-11-4-6-12(7-5-11)8-9-14(20)17-16-19-18-15(22-16)13-3-2-10-21-13/h4-7,13H,2-3,8-10H2,1H3,(H,17,19,20). The summed E-state index contributed by atoms with van der Waals surface area (Å²) < 4.78 is 5.57. The Morgan fingerprint density at radius 1 is 1.36 bits per heavy atom. The highest BCUT2D eigenvalue weighted by Gasteiger charge is 2.22. The molecule has 0 aliphatic carbocycles. The van der Waals surface area contributed by atoms with E-state index in [0.29, 0.717) is 11.6 Å². The first kappa shape index (κ1) is 15.1. The van der Waals surface area contributed by atoms with Gasteiger partial charge >= 0.3 is 0 Å². The number of carbonyl (C=O) groups excluding carboxylic acids is 1. The van der Waals surface area contributed by atoms with Crippen molar-refractivity contribution in [2.24, 2.45) is 0 Å². The molecule has 3 rings (SSSR count). The van der Waals surface area contributed by atoms with Crippen LogP contribution in [0.1, 0.15) is 41.5 Å². The highest BCUT2D eigenvalue weighted by molar-refractivity contribution is 7.15. The Morgan fingerprint density at radius 3 is 2.91 bits per heavy atom. The van der Waals surface area contributed by atoms with Crippen LogP contribution in [0.5, 0.6) is 0 Å². The van der Waals surface area contributed by atoms with Gasteiger partial charge in [0, 0.05) is 13.0 Å². The van der Waals surface area contributed by atoms with Gasteiger partial charge in [0.2, 0.25) is 11.0 Å². The van der Waals surface area contributed by atoms with Gasteiger partial charge in [-0.3, -0.25) is 4.79 Å². The topological polar surface area (TPSA) is 64.1 Å². The lowest BCUT2D eigenvalue weighted by Gasteiger charge is -2.03. The summed E-state index contributed by atoms with van der Waals surface area (Å²) in [6, 6.07) is 8.24. The lowest BCUT2D eigenvalue weighted by Crippen LogP contribution is -2.12. The van der Waals surface area contributed by atoms with Crippen LogP contribution >= 0.6 is 11.3 Å². The summed E-state index contributed by atoms with van der Waals surface area (Å²) in [4.78, 5) is 12.0. The minimum absolute atomic E-state index is 0.0318. The lowest BCUT2D eigenvalue weighted by atomic mass is 10.1. The second-order valence-electron chi connectivity index (χ2n) is 5.48. The average molecular weight is 317 g/mol. The maximum absolute atomic E-state index is 12.0. The molecule has 22 heavy (non-hydrogen) atoms. The van der Waals surface area contributed by atoms with E-state index in [9.17, 15) is 4.79 Å². The summed E-state index contributed by atoms with van der Waals surface area (Å²) in [5.41, 5.74) is 2.39. The zero-order valence-electron chi connectivity index (χ0n) is 12.5. The largest absolute Gasteiger partial charge is 0.371 e. The second-order valence-corrected chi connectivity index (χ2v) is 6.49. The van der Waals surface area contributed by atoms with Crippen molar-refractivity contribution < 1.29 is 9.53 Å². The molecule has 2 aromatic rings. The Balaban J connectivity index is 1.50. The summed E-state index contributed by atoms with van der Waals surface area (Å²) in [5.74, 6) is -0.0318. The molecule has 1 aromatic heterocycles. The predicted octanol–water partition coefficient (Wildman–Crippen LogP) is 3.27. The minimum atomic E-state index is -0.0318. The van der Waals surface area contributed by atoms with Gasteiger partial charge in [0.1, 0.15) is 11.1 Å². The number of rotatable bonds is 5. The minimum Gasteiger partial charge on any atom is -0.371 e. The van der Waals surface area contributed by atoms with Gasteiger partial charge in [-0.25, -0.2) is 0 Å². The molecule has 0 spiro atoms. The fourth-order valence-electron chi connectivity index (χ4n) is 2.38. The van der Waals surface area contributed by atoms with Gasteiger partial charge in [-0.2, -0.15) is 0 Å². The Hall–Kier alpha value is -1.79. The van der Waals surface area contributed by atoms with Crippen LogP contribution in [0.4, 0.5) is 5.13 Å². The van der Waals surface area contributed by atoms with E-state index in [4.69, 9.17) is 4.74 Å². The van der Waals surface area contributed by atoms with Crippen LogP contribution in [-0.2, 0) is 16.0 Å². The first-order chi connectivity index (χ1) is 10.7. The number of hydrogen-bond acceptors (Lipinski definition) is 5. The molecule has 6 heteroatoms. The maximum Gasteiger partial charge on any atom is 0.226 e. The maximum atomic E-state index is 12.0. The fourth-order valence-corrected chi connectivity index (χ4v) is 3.23. The monoisotopic (exact) mass is 317 g/mol. The van der Waals surface area contributed by atoms with Crippen LogP contribution in [-0.4, -0.2) is 22.7 Å². The van der Waals surface area contributed by atoms with Crippen molar-refractivity contribution in [2.75, 3.05) is 11.9 Å². The number of nitrogens with zero attached hydrogens (tertiary/aromatic N) is 2. The molecule has 1 N–H and O–H groups in total. The number of anilines is 1. The molecule has 1 saturated heterocycles. The number of ether oxygens (including phenoxy) is 1. The Morgan fingerprint density at radius 2 is 2.18 bits per heavy atom. The molecular weight excluding hydrogens is 298 g/mol. The quantitative estimate of drug-likeness (QED) is 0.919. The van der Waals surface area contributed by atoms with Crippen LogP contribution in [0.2, 0.25) is 0 Å². The Kier molecular flexibility index (Phi) is 4.80. The van der Waals surface area contributed by atoms with Crippen LogP contribution in [0.3, 0.4) is 0 Å². The van der Waals surface area contributed by atoms with Gasteiger partial charge in [-0.15, -0.1) is 10.2 Å². The van der Waals surface area contributed by atoms with Crippen molar-refractivity contribution in [3.63, 3.8) is 0 Å². The molecule has 116 valence electrons. The number of hydrogen-bond donors (Lipinski definition) is 1. The fraction of sp³-hybridized carbons (Fsp3) is 0.438. The highest BCUT2D eigenvalue weighted by Crippen LogP contribution is 2.31. The van der Waals surface area contributed by atoms with E-state index in [1.807, 2.05) is 0 Å². The van der Waals surface area contributed by atoms with E-state index >= 15 is 0 Å². The van der Waals surface area contributed by atoms with Crippen LogP contribution < -0.4 is 5.32 Å². The van der Waals surface area contributed by atoms with Crippen molar-refractivity contribution in [1.29, 1.82) is 0 Å². The van der Waals surface area contributed by atoms with E-state index in [1.165, 1.54) is 16.9 Å². The summed E-state index contributed by atoms with van der Waals surface area (Å²) in [7, 11) is 0. The highest BCUT2D eigenvalue weighted by atomic mass is 32.1. The van der Waals surface area contributed by atoms with Gasteiger partial charge in [-0.05, 0) is 31.7 Å². The third-order valence-electron chi connectivity index (χ3n) is 3.65. The zero-order chi connectivity index (χ0) is 15.4. The second kappa shape index (κ2) is 6.98. The summed E-state index contributed by atoms with van der Waals surface area (Å²) in [6.07, 6.45) is 3.26. The van der Waals surface area contributed by atoms with Crippen molar-refractivity contribution in [2.45, 2.75) is 38.7 Å². The lowest BCUT2D eigenvalue weighted by molar-refractivity contribution is -0.116. The Bertz CT molecular complexity index is 633. The third kappa shape index (κ3) is 3.90. The molecule has 1 amide bonds. The molecule has 1 fully saturated rings. The molecule has 1 atom stereocenters. The third-order valence-corrected chi connectivity index (χ3v) is 4.58. The summed E-state index contributed by atoms with van der Waals surface area (Å²) in [6.45, 7) is 2.83. The number of aryl methyl sites for hydroxylation is 2. The van der Waals surface area contributed by atoms with Gasteiger partial charge < -0.3 is 10.1 Å². The van der Waals surface area contributed by atoms with E-state index in [0.717, 1.165) is 36.4 Å². The van der Waals surface area contributed by atoms with Gasteiger partial charge in [0.25, 0.3) is 0 Å². The van der Waals surface area contributed by atoms with Crippen molar-refractivity contribution >= 4 is 22.4 Å². The van der Waals surface area contributed by atoms with E-state index in [1.54, 1.807) is 0 Å². The van der Waals surface area contributed by atoms with Crippen molar-refractivity contribution in [3.8, 4) is 0 Å². The molecule has 0 radical (unpaired) electrons. The molecule has 2 heterocycles. The molecule has 0 bridgehead atoms. The summed E-state index contributed by atoms with van der Waals surface area (Å²) >= 11 is 1.40. The average Bonchev–Trinajstić information content (AvgIpc) is 3.17. The number of nitrogens with one attached hydrogen (secondary N) is 1. The molecule has 5 nitrogen and oxygen atoms in total. The molecule has 0 saturated carbocycles. The van der Waals surface area contributed by atoms with Gasteiger partial charge in [-0.1, -0.05) is 41.2 Å². The first-order valence-corrected chi connectivity index (χ1v) is 8.33. The van der Waals surface area contributed by atoms with E-state index in [-0.39, 0.29) is 12.0 Å².